The number of ether oxygens (including phenoxy) is 4. The smallest absolute Gasteiger partial charge is 0.309 e. The molecule has 0 spiro atoms. The number of carbonyl (C=O) groups is 2. The Morgan fingerprint density at radius 1 is 0.605 bits per heavy atom. The molecule has 6 nitrogen and oxygen atoms in total. The molecule has 4 aliphatic rings. The Bertz CT molecular complexity index is 1220. The highest BCUT2D eigenvalue weighted by Gasteiger charge is 2.41. The van der Waals surface area contributed by atoms with Crippen molar-refractivity contribution in [2.45, 2.75) is 57.8 Å². The van der Waals surface area contributed by atoms with Crippen LogP contribution in [-0.2, 0) is 24.5 Å². The first-order chi connectivity index (χ1) is 20.9. The molecule has 4 aliphatic carbocycles. The summed E-state index contributed by atoms with van der Waals surface area (Å²) in [6.45, 7) is 6.23. The topological polar surface area (TPSA) is 71.1 Å². The second-order valence-corrected chi connectivity index (χ2v) is 13.2. The molecule has 0 radical (unpaired) electrons. The van der Waals surface area contributed by atoms with Gasteiger partial charge in [-0.25, -0.2) is 0 Å². The molecular formula is C37H44O6. The van der Waals surface area contributed by atoms with Crippen molar-refractivity contribution in [3.8, 4) is 11.5 Å². The Hall–Kier alpha value is -3.54. The first kappa shape index (κ1) is 29.5. The second kappa shape index (κ2) is 13.0. The Morgan fingerprint density at radius 2 is 1.02 bits per heavy atom. The van der Waals surface area contributed by atoms with Crippen LogP contribution >= 0.6 is 0 Å². The molecule has 4 bridgehead atoms. The Balaban J connectivity index is 0.882. The summed E-state index contributed by atoms with van der Waals surface area (Å²) >= 11 is 0. The predicted molar refractivity (Wildman–Crippen MR) is 165 cm³/mol. The number of rotatable bonds is 14. The number of carbonyl (C=O) groups excluding carboxylic acids is 2. The first-order valence-electron chi connectivity index (χ1n) is 16.0. The Labute approximate surface area is 255 Å². The van der Waals surface area contributed by atoms with Gasteiger partial charge in [-0.05, 0) is 84.7 Å². The van der Waals surface area contributed by atoms with Gasteiger partial charge in [0.1, 0.15) is 11.5 Å². The van der Waals surface area contributed by atoms with Crippen LogP contribution in [0.15, 0.2) is 72.8 Å². The van der Waals surface area contributed by atoms with E-state index >= 15 is 0 Å². The van der Waals surface area contributed by atoms with Gasteiger partial charge in [-0.15, -0.1) is 0 Å². The lowest BCUT2D eigenvalue weighted by atomic mass is 9.78. The fraction of sp³-hybridized carbons (Fsp3) is 0.514. The zero-order chi connectivity index (χ0) is 29.8. The van der Waals surface area contributed by atoms with E-state index in [1.807, 2.05) is 24.3 Å². The minimum absolute atomic E-state index is 0.0489. The van der Waals surface area contributed by atoms with Crippen LogP contribution in [0.4, 0.5) is 0 Å². The molecule has 0 heterocycles. The maximum atomic E-state index is 12.4. The van der Waals surface area contributed by atoms with E-state index in [2.05, 4.69) is 62.4 Å². The second-order valence-electron chi connectivity index (χ2n) is 13.2. The van der Waals surface area contributed by atoms with Gasteiger partial charge in [0, 0.05) is 18.3 Å². The van der Waals surface area contributed by atoms with Gasteiger partial charge in [-0.3, -0.25) is 9.59 Å². The predicted octanol–water partition coefficient (Wildman–Crippen LogP) is 7.06. The molecule has 0 aromatic heterocycles. The lowest BCUT2D eigenvalue weighted by Crippen LogP contribution is -2.22. The van der Waals surface area contributed by atoms with Crippen molar-refractivity contribution in [1.82, 2.24) is 0 Å². The molecule has 0 amide bonds. The van der Waals surface area contributed by atoms with E-state index in [0.717, 1.165) is 37.2 Å². The van der Waals surface area contributed by atoms with Crippen LogP contribution in [-0.4, -0.2) is 38.4 Å². The molecule has 228 valence electrons. The molecule has 6 rings (SSSR count). The largest absolute Gasteiger partial charge is 0.493 e. The van der Waals surface area contributed by atoms with E-state index < -0.39 is 0 Å². The molecule has 43 heavy (non-hydrogen) atoms. The SMILES string of the molecule is CC(C)(c1ccc(OCCCOC(=O)C2CC3C=CC2C3)cc1)c1ccc(OCCCOC(=O)C2CC3C=CC2C3)cc1. The standard InChI is InChI=1S/C37H44O6/c1-37(2,29-9-13-31(14-10-29)40-17-3-19-42-35(38)33-23-25-5-7-27(33)21-25)30-11-15-32(16-12-30)41-18-4-20-43-36(39)34-24-26-6-8-28(34)22-26/h5-16,25-28,33-34H,3-4,17-24H2,1-2H3. The van der Waals surface area contributed by atoms with Crippen molar-refractivity contribution >= 4 is 11.9 Å². The van der Waals surface area contributed by atoms with Crippen LogP contribution in [0.2, 0.25) is 0 Å². The van der Waals surface area contributed by atoms with Crippen LogP contribution in [0.1, 0.15) is 63.5 Å². The van der Waals surface area contributed by atoms with Crippen molar-refractivity contribution in [2.75, 3.05) is 26.4 Å². The lowest BCUT2D eigenvalue weighted by Gasteiger charge is -2.26. The van der Waals surface area contributed by atoms with Crippen LogP contribution in [0, 0.1) is 35.5 Å². The Morgan fingerprint density at radius 3 is 1.37 bits per heavy atom. The summed E-state index contributed by atoms with van der Waals surface area (Å²) in [4.78, 5) is 24.7. The molecule has 0 saturated heterocycles. The van der Waals surface area contributed by atoms with Crippen molar-refractivity contribution in [2.24, 2.45) is 35.5 Å². The van der Waals surface area contributed by atoms with Gasteiger partial charge in [-0.1, -0.05) is 62.4 Å². The molecule has 0 aliphatic heterocycles. The summed E-state index contributed by atoms with van der Waals surface area (Å²) in [5.41, 5.74) is 2.19. The molecule has 6 atom stereocenters. The molecule has 2 saturated carbocycles. The van der Waals surface area contributed by atoms with E-state index in [1.54, 1.807) is 0 Å². The van der Waals surface area contributed by atoms with Crippen molar-refractivity contribution in [3.05, 3.63) is 84.0 Å². The summed E-state index contributed by atoms with van der Waals surface area (Å²) in [5, 5.41) is 0. The average molecular weight is 585 g/mol. The van der Waals surface area contributed by atoms with Crippen LogP contribution in [0.3, 0.4) is 0 Å². The number of benzene rings is 2. The van der Waals surface area contributed by atoms with Gasteiger partial charge >= 0.3 is 11.9 Å². The van der Waals surface area contributed by atoms with E-state index in [1.165, 1.54) is 11.1 Å². The van der Waals surface area contributed by atoms with E-state index in [0.29, 0.717) is 62.9 Å². The van der Waals surface area contributed by atoms with E-state index in [4.69, 9.17) is 18.9 Å². The maximum Gasteiger partial charge on any atom is 0.309 e. The van der Waals surface area contributed by atoms with Crippen molar-refractivity contribution < 1.29 is 28.5 Å². The lowest BCUT2D eigenvalue weighted by molar-refractivity contribution is -0.150. The van der Waals surface area contributed by atoms with Crippen LogP contribution in [0.25, 0.3) is 0 Å². The van der Waals surface area contributed by atoms with Crippen molar-refractivity contribution in [1.29, 1.82) is 0 Å². The first-order valence-corrected chi connectivity index (χ1v) is 16.0. The van der Waals surface area contributed by atoms with Gasteiger partial charge in [0.25, 0.3) is 0 Å². The van der Waals surface area contributed by atoms with Gasteiger partial charge < -0.3 is 18.9 Å². The maximum absolute atomic E-state index is 12.4. The summed E-state index contributed by atoms with van der Waals surface area (Å²) in [6.07, 6.45) is 14.3. The normalized spacial score (nSPS) is 26.6. The monoisotopic (exact) mass is 584 g/mol. The number of allylic oxidation sites excluding steroid dienone is 4. The van der Waals surface area contributed by atoms with Crippen molar-refractivity contribution in [3.63, 3.8) is 0 Å². The minimum atomic E-state index is -0.191. The fourth-order valence-electron chi connectivity index (χ4n) is 7.26. The zero-order valence-electron chi connectivity index (χ0n) is 25.4. The molecular weight excluding hydrogens is 540 g/mol. The highest BCUT2D eigenvalue weighted by molar-refractivity contribution is 5.74. The highest BCUT2D eigenvalue weighted by Crippen LogP contribution is 2.44. The van der Waals surface area contributed by atoms with E-state index in [-0.39, 0.29) is 29.2 Å². The van der Waals surface area contributed by atoms with E-state index in [9.17, 15) is 9.59 Å². The minimum Gasteiger partial charge on any atom is -0.493 e. The molecule has 0 N–H and O–H groups in total. The fourth-order valence-corrected chi connectivity index (χ4v) is 7.26. The summed E-state index contributed by atoms with van der Waals surface area (Å²) in [6, 6.07) is 16.4. The number of hydrogen-bond donors (Lipinski definition) is 0. The molecule has 2 aromatic carbocycles. The molecule has 6 unspecified atom stereocenters. The molecule has 2 aromatic rings. The van der Waals surface area contributed by atoms with Crippen LogP contribution in [0.5, 0.6) is 11.5 Å². The summed E-state index contributed by atoms with van der Waals surface area (Å²) in [7, 11) is 0. The van der Waals surface area contributed by atoms with Gasteiger partial charge in [0.2, 0.25) is 0 Å². The zero-order valence-corrected chi connectivity index (χ0v) is 25.4. The summed E-state index contributed by atoms with van der Waals surface area (Å²) in [5.74, 6) is 3.52. The highest BCUT2D eigenvalue weighted by atomic mass is 16.5. The van der Waals surface area contributed by atoms with Gasteiger partial charge in [0.05, 0.1) is 38.3 Å². The third kappa shape index (κ3) is 6.84. The van der Waals surface area contributed by atoms with Gasteiger partial charge in [0.15, 0.2) is 0 Å². The quantitative estimate of drug-likeness (QED) is 0.135. The summed E-state index contributed by atoms with van der Waals surface area (Å²) < 4.78 is 22.9. The van der Waals surface area contributed by atoms with Gasteiger partial charge in [-0.2, -0.15) is 0 Å². The number of esters is 2. The molecule has 6 heteroatoms. The third-order valence-corrected chi connectivity index (χ3v) is 9.92. The average Bonchev–Trinajstić information content (AvgIpc) is 3.84. The number of fused-ring (bicyclic) bond motifs is 4. The third-order valence-electron chi connectivity index (χ3n) is 9.92. The Kier molecular flexibility index (Phi) is 8.92. The molecule has 2 fully saturated rings. The number of hydrogen-bond acceptors (Lipinski definition) is 6. The van der Waals surface area contributed by atoms with Crippen LogP contribution < -0.4 is 9.47 Å².